The molecule has 1 aromatic carbocycles. The Balaban J connectivity index is 1.94. The van der Waals surface area contributed by atoms with Crippen LogP contribution in [-0.4, -0.2) is 61.4 Å². The van der Waals surface area contributed by atoms with Crippen molar-refractivity contribution in [1.29, 1.82) is 0 Å². The molecule has 28 heavy (non-hydrogen) atoms. The lowest BCUT2D eigenvalue weighted by Gasteiger charge is -2.28. The molecule has 0 radical (unpaired) electrons. The van der Waals surface area contributed by atoms with Crippen LogP contribution >= 0.6 is 0 Å². The Morgan fingerprint density at radius 2 is 1.54 bits per heavy atom. The third-order valence-corrected chi connectivity index (χ3v) is 4.66. The summed E-state index contributed by atoms with van der Waals surface area (Å²) in [7, 11) is 4.45. The van der Waals surface area contributed by atoms with Gasteiger partial charge in [0.15, 0.2) is 11.5 Å². The molecule has 2 amide bonds. The number of methoxy groups -OCH3 is 3. The van der Waals surface area contributed by atoms with Crippen molar-refractivity contribution < 1.29 is 28.3 Å². The molecule has 1 saturated heterocycles. The zero-order valence-corrected chi connectivity index (χ0v) is 16.6. The highest BCUT2D eigenvalue weighted by molar-refractivity contribution is 6.01. The summed E-state index contributed by atoms with van der Waals surface area (Å²) >= 11 is 0. The van der Waals surface area contributed by atoms with Crippen molar-refractivity contribution in [3.05, 3.63) is 34.7 Å². The summed E-state index contributed by atoms with van der Waals surface area (Å²) in [4.78, 5) is 26.2. The van der Waals surface area contributed by atoms with Crippen molar-refractivity contribution in [2.24, 2.45) is 0 Å². The average molecular weight is 389 g/mol. The molecule has 9 nitrogen and oxygen atoms in total. The third kappa shape index (κ3) is 3.23. The number of benzene rings is 1. The Bertz CT molecular complexity index is 863. The van der Waals surface area contributed by atoms with E-state index in [9.17, 15) is 9.59 Å². The highest BCUT2D eigenvalue weighted by atomic mass is 16.5. The summed E-state index contributed by atoms with van der Waals surface area (Å²) in [6.07, 6.45) is 0.672. The lowest BCUT2D eigenvalue weighted by Crippen LogP contribution is -2.45. The van der Waals surface area contributed by atoms with Gasteiger partial charge in [0.2, 0.25) is 5.75 Å². The maximum absolute atomic E-state index is 13.2. The van der Waals surface area contributed by atoms with Gasteiger partial charge in [-0.05, 0) is 32.4 Å². The molecule has 0 bridgehead atoms. The molecule has 1 fully saturated rings. The highest BCUT2D eigenvalue weighted by Gasteiger charge is 2.35. The second-order valence-corrected chi connectivity index (χ2v) is 6.32. The van der Waals surface area contributed by atoms with Gasteiger partial charge in [-0.25, -0.2) is 10.0 Å². The van der Waals surface area contributed by atoms with Crippen LogP contribution in [0.15, 0.2) is 16.7 Å². The topological polar surface area (TPSA) is 94.3 Å². The van der Waals surface area contributed by atoms with Gasteiger partial charge in [-0.15, -0.1) is 0 Å². The summed E-state index contributed by atoms with van der Waals surface area (Å²) in [6.45, 7) is 4.23. The molecular weight excluding hydrogens is 366 g/mol. The summed E-state index contributed by atoms with van der Waals surface area (Å²) in [5, 5.41) is 6.68. The molecule has 3 rings (SSSR count). The normalized spacial score (nSPS) is 13.6. The molecule has 0 N–H and O–H groups in total. The average Bonchev–Trinajstić information content (AvgIpc) is 3.32. The largest absolute Gasteiger partial charge is 0.493 e. The van der Waals surface area contributed by atoms with E-state index in [-0.39, 0.29) is 11.8 Å². The molecule has 0 aliphatic carbocycles. The first-order valence-electron chi connectivity index (χ1n) is 8.79. The van der Waals surface area contributed by atoms with Gasteiger partial charge in [0, 0.05) is 18.7 Å². The number of carbonyl (C=O) groups is 2. The first-order chi connectivity index (χ1) is 13.4. The van der Waals surface area contributed by atoms with Crippen LogP contribution in [0.4, 0.5) is 0 Å². The van der Waals surface area contributed by atoms with Crippen molar-refractivity contribution in [2.45, 2.75) is 20.3 Å². The van der Waals surface area contributed by atoms with Crippen molar-refractivity contribution in [3.8, 4) is 17.2 Å². The van der Waals surface area contributed by atoms with Crippen LogP contribution in [0.25, 0.3) is 0 Å². The smallest absolute Gasteiger partial charge is 0.277 e. The lowest BCUT2D eigenvalue weighted by molar-refractivity contribution is 0.0184. The number of rotatable bonds is 5. The monoisotopic (exact) mass is 389 g/mol. The summed E-state index contributed by atoms with van der Waals surface area (Å²) in [6, 6.07) is 3.14. The van der Waals surface area contributed by atoms with Crippen LogP contribution < -0.4 is 14.2 Å². The SMILES string of the molecule is COc1cc(C(=O)N2CCCN2C(=O)c2c(C)noc2C)cc(OC)c1OC. The Hall–Kier alpha value is -3.23. The Morgan fingerprint density at radius 1 is 0.964 bits per heavy atom. The fourth-order valence-corrected chi connectivity index (χ4v) is 3.30. The minimum atomic E-state index is -0.336. The molecule has 0 atom stereocenters. The standard InChI is InChI=1S/C19H23N3O6/c1-11-16(12(2)28-20-11)19(24)22-8-6-7-21(22)18(23)13-9-14(25-3)17(27-5)15(10-13)26-4/h9-10H,6-8H2,1-5H3. The number of hydrogen-bond acceptors (Lipinski definition) is 7. The summed E-state index contributed by atoms with van der Waals surface area (Å²) in [5.74, 6) is 0.911. The number of nitrogens with zero attached hydrogens (tertiary/aromatic N) is 3. The Morgan fingerprint density at radius 3 is 2.00 bits per heavy atom. The summed E-state index contributed by atoms with van der Waals surface area (Å²) in [5.41, 5.74) is 1.20. The molecule has 1 aromatic heterocycles. The molecule has 0 spiro atoms. The molecule has 1 aliphatic heterocycles. The molecule has 150 valence electrons. The van der Waals surface area contributed by atoms with Crippen LogP contribution in [-0.2, 0) is 0 Å². The van der Waals surface area contributed by atoms with Crippen molar-refractivity contribution in [3.63, 3.8) is 0 Å². The van der Waals surface area contributed by atoms with Gasteiger partial charge in [-0.1, -0.05) is 5.16 Å². The van der Waals surface area contributed by atoms with E-state index in [4.69, 9.17) is 18.7 Å². The van der Waals surface area contributed by atoms with Gasteiger partial charge in [0.1, 0.15) is 11.3 Å². The van der Waals surface area contributed by atoms with E-state index < -0.39 is 0 Å². The second kappa shape index (κ2) is 7.79. The predicted octanol–water partition coefficient (Wildman–Crippen LogP) is 2.22. The Labute approximate surface area is 162 Å². The van der Waals surface area contributed by atoms with E-state index in [1.165, 1.54) is 31.3 Å². The van der Waals surface area contributed by atoms with Gasteiger partial charge < -0.3 is 18.7 Å². The van der Waals surface area contributed by atoms with Gasteiger partial charge >= 0.3 is 0 Å². The maximum Gasteiger partial charge on any atom is 0.277 e. The molecule has 9 heteroatoms. The van der Waals surface area contributed by atoms with Crippen LogP contribution in [0.5, 0.6) is 17.2 Å². The van der Waals surface area contributed by atoms with Crippen molar-refractivity contribution >= 4 is 11.8 Å². The fraction of sp³-hybridized carbons (Fsp3) is 0.421. The van der Waals surface area contributed by atoms with Crippen molar-refractivity contribution in [1.82, 2.24) is 15.2 Å². The number of amides is 2. The van der Waals surface area contributed by atoms with Gasteiger partial charge in [-0.2, -0.15) is 0 Å². The number of ether oxygens (including phenoxy) is 3. The van der Waals surface area contributed by atoms with E-state index in [2.05, 4.69) is 5.16 Å². The number of carbonyl (C=O) groups excluding carboxylic acids is 2. The third-order valence-electron chi connectivity index (χ3n) is 4.66. The van der Waals surface area contributed by atoms with E-state index in [0.29, 0.717) is 59.3 Å². The second-order valence-electron chi connectivity index (χ2n) is 6.32. The maximum atomic E-state index is 13.2. The number of aryl methyl sites for hydroxylation is 2. The molecule has 0 saturated carbocycles. The zero-order chi connectivity index (χ0) is 20.4. The summed E-state index contributed by atoms with van der Waals surface area (Å²) < 4.78 is 21.0. The van der Waals surface area contributed by atoms with Crippen LogP contribution in [0.3, 0.4) is 0 Å². The minimum Gasteiger partial charge on any atom is -0.493 e. The van der Waals surface area contributed by atoms with Crippen LogP contribution in [0.1, 0.15) is 38.6 Å². The molecule has 2 aromatic rings. The van der Waals surface area contributed by atoms with E-state index in [1.807, 2.05) is 0 Å². The molecule has 1 aliphatic rings. The number of hydrogen-bond donors (Lipinski definition) is 0. The van der Waals surface area contributed by atoms with Crippen LogP contribution in [0.2, 0.25) is 0 Å². The first-order valence-corrected chi connectivity index (χ1v) is 8.79. The predicted molar refractivity (Wildman–Crippen MR) is 98.8 cm³/mol. The van der Waals surface area contributed by atoms with Gasteiger partial charge in [0.25, 0.3) is 11.8 Å². The number of hydrazine groups is 1. The van der Waals surface area contributed by atoms with Crippen LogP contribution in [0, 0.1) is 13.8 Å². The number of aromatic nitrogens is 1. The lowest BCUT2D eigenvalue weighted by atomic mass is 10.1. The van der Waals surface area contributed by atoms with Gasteiger partial charge in [-0.3, -0.25) is 9.59 Å². The zero-order valence-electron chi connectivity index (χ0n) is 16.6. The van der Waals surface area contributed by atoms with E-state index in [1.54, 1.807) is 26.0 Å². The Kier molecular flexibility index (Phi) is 5.43. The molecule has 0 unspecified atom stereocenters. The van der Waals surface area contributed by atoms with E-state index >= 15 is 0 Å². The first kappa shape index (κ1) is 19.5. The molecular formula is C19H23N3O6. The van der Waals surface area contributed by atoms with Gasteiger partial charge in [0.05, 0.1) is 27.0 Å². The molecule has 2 heterocycles. The highest BCUT2D eigenvalue weighted by Crippen LogP contribution is 2.38. The fourth-order valence-electron chi connectivity index (χ4n) is 3.30. The van der Waals surface area contributed by atoms with Crippen molar-refractivity contribution in [2.75, 3.05) is 34.4 Å². The van der Waals surface area contributed by atoms with E-state index in [0.717, 1.165) is 0 Å². The quantitative estimate of drug-likeness (QED) is 0.774. The minimum absolute atomic E-state index is 0.311.